The van der Waals surface area contributed by atoms with Gasteiger partial charge in [0.25, 0.3) is 0 Å². The van der Waals surface area contributed by atoms with Gasteiger partial charge in [-0.3, -0.25) is 4.79 Å². The van der Waals surface area contributed by atoms with E-state index in [1.54, 1.807) is 0 Å². The van der Waals surface area contributed by atoms with Crippen molar-refractivity contribution in [2.75, 3.05) is 0 Å². The fraction of sp³-hybridized carbons (Fsp3) is 0.438. The van der Waals surface area contributed by atoms with E-state index >= 15 is 0 Å². The molecule has 1 aromatic rings. The molecule has 1 aliphatic carbocycles. The molecule has 1 N–H and O–H groups in total. The van der Waals surface area contributed by atoms with Gasteiger partial charge in [-0.05, 0) is 44.2 Å². The Morgan fingerprint density at radius 1 is 1.44 bits per heavy atom. The number of fused-ring (bicyclic) bond motifs is 1. The van der Waals surface area contributed by atoms with Crippen molar-refractivity contribution in [3.05, 3.63) is 35.4 Å². The maximum atomic E-state index is 12.3. The first-order valence-electron chi connectivity index (χ1n) is 6.41. The van der Waals surface area contributed by atoms with E-state index in [0.29, 0.717) is 0 Å². The highest BCUT2D eigenvalue weighted by Gasteiger charge is 2.29. The number of amides is 1. The Balaban J connectivity index is 2.21. The van der Waals surface area contributed by atoms with Gasteiger partial charge in [0, 0.05) is 0 Å². The van der Waals surface area contributed by atoms with Crippen molar-refractivity contribution < 1.29 is 4.79 Å². The third kappa shape index (κ3) is 2.56. The van der Waals surface area contributed by atoms with Gasteiger partial charge in [-0.1, -0.05) is 30.2 Å². The van der Waals surface area contributed by atoms with Crippen LogP contribution in [-0.2, 0) is 11.2 Å². The van der Waals surface area contributed by atoms with Crippen LogP contribution in [0.15, 0.2) is 24.3 Å². The Hall–Kier alpha value is -1.75. The highest BCUT2D eigenvalue weighted by Crippen LogP contribution is 2.31. The Bertz CT molecular complexity index is 496. The Morgan fingerprint density at radius 2 is 2.17 bits per heavy atom. The van der Waals surface area contributed by atoms with Crippen molar-refractivity contribution in [3.8, 4) is 12.3 Å². The lowest BCUT2D eigenvalue weighted by Crippen LogP contribution is -2.45. The summed E-state index contributed by atoms with van der Waals surface area (Å²) in [5, 5.41) is 2.94. The van der Waals surface area contributed by atoms with Crippen LogP contribution in [0, 0.1) is 12.3 Å². The number of benzene rings is 1. The smallest absolute Gasteiger partial charge is 0.228 e. The summed E-state index contributed by atoms with van der Waals surface area (Å²) < 4.78 is 0. The van der Waals surface area contributed by atoms with Gasteiger partial charge in [0.15, 0.2) is 0 Å². The van der Waals surface area contributed by atoms with Crippen LogP contribution >= 0.6 is 0 Å². The van der Waals surface area contributed by atoms with E-state index in [4.69, 9.17) is 6.42 Å². The van der Waals surface area contributed by atoms with Crippen molar-refractivity contribution in [2.45, 2.75) is 44.6 Å². The van der Waals surface area contributed by atoms with Crippen LogP contribution in [0.4, 0.5) is 0 Å². The molecule has 1 aromatic carbocycles. The standard InChI is InChI=1S/C16H19NO/c1-4-16(2,3)17-15(18)14-11-7-9-12-8-5-6-10-13(12)14/h1,5-6,8,10,14H,7,9,11H2,2-3H3,(H,17,18). The highest BCUT2D eigenvalue weighted by molar-refractivity contribution is 5.85. The second-order valence-corrected chi connectivity index (χ2v) is 5.40. The fourth-order valence-corrected chi connectivity index (χ4v) is 2.46. The Labute approximate surface area is 109 Å². The SMILES string of the molecule is C#CC(C)(C)NC(=O)C1CCCc2ccccc21. The van der Waals surface area contributed by atoms with Crippen LogP contribution in [0.1, 0.15) is 43.7 Å². The quantitative estimate of drug-likeness (QED) is 0.792. The van der Waals surface area contributed by atoms with E-state index in [-0.39, 0.29) is 11.8 Å². The lowest BCUT2D eigenvalue weighted by Gasteiger charge is -2.28. The lowest BCUT2D eigenvalue weighted by atomic mass is 9.82. The van der Waals surface area contributed by atoms with E-state index in [1.165, 1.54) is 5.56 Å². The number of hydrogen-bond acceptors (Lipinski definition) is 1. The molecule has 0 radical (unpaired) electrons. The first-order chi connectivity index (χ1) is 8.53. The first kappa shape index (κ1) is 12.7. The van der Waals surface area contributed by atoms with Gasteiger partial charge < -0.3 is 5.32 Å². The van der Waals surface area contributed by atoms with Crippen LogP contribution in [0.25, 0.3) is 0 Å². The second kappa shape index (κ2) is 4.86. The molecule has 0 saturated heterocycles. The van der Waals surface area contributed by atoms with Gasteiger partial charge in [0.2, 0.25) is 5.91 Å². The number of terminal acetylenes is 1. The molecule has 0 bridgehead atoms. The summed E-state index contributed by atoms with van der Waals surface area (Å²) in [5.74, 6) is 2.60. The molecule has 94 valence electrons. The van der Waals surface area contributed by atoms with Crippen molar-refractivity contribution in [1.29, 1.82) is 0 Å². The van der Waals surface area contributed by atoms with Gasteiger partial charge in [0.05, 0.1) is 11.5 Å². The number of aryl methyl sites for hydroxylation is 1. The van der Waals surface area contributed by atoms with Gasteiger partial charge in [0.1, 0.15) is 0 Å². The van der Waals surface area contributed by atoms with E-state index < -0.39 is 5.54 Å². The zero-order valence-electron chi connectivity index (χ0n) is 11.0. The first-order valence-corrected chi connectivity index (χ1v) is 6.41. The molecule has 0 spiro atoms. The molecule has 0 heterocycles. The molecular weight excluding hydrogens is 222 g/mol. The maximum absolute atomic E-state index is 12.3. The van der Waals surface area contributed by atoms with Crippen LogP contribution in [-0.4, -0.2) is 11.4 Å². The summed E-state index contributed by atoms with van der Waals surface area (Å²) in [5.41, 5.74) is 1.88. The minimum absolute atomic E-state index is 0.0464. The van der Waals surface area contributed by atoms with Gasteiger partial charge in [-0.25, -0.2) is 0 Å². The minimum Gasteiger partial charge on any atom is -0.340 e. The predicted molar refractivity (Wildman–Crippen MR) is 73.2 cm³/mol. The number of rotatable bonds is 2. The Morgan fingerprint density at radius 3 is 2.89 bits per heavy atom. The van der Waals surface area contributed by atoms with Crippen molar-refractivity contribution in [1.82, 2.24) is 5.32 Å². The topological polar surface area (TPSA) is 29.1 Å². The summed E-state index contributed by atoms with van der Waals surface area (Å²) in [6.07, 6.45) is 8.45. The minimum atomic E-state index is -0.580. The molecule has 0 fully saturated rings. The molecule has 18 heavy (non-hydrogen) atoms. The van der Waals surface area contributed by atoms with E-state index in [9.17, 15) is 4.79 Å². The second-order valence-electron chi connectivity index (χ2n) is 5.40. The normalized spacial score (nSPS) is 18.6. The van der Waals surface area contributed by atoms with Crippen LogP contribution in [0.5, 0.6) is 0 Å². The average Bonchev–Trinajstić information content (AvgIpc) is 2.37. The summed E-state index contributed by atoms with van der Waals surface area (Å²) in [6.45, 7) is 3.69. The third-order valence-electron chi connectivity index (χ3n) is 3.48. The molecule has 1 unspecified atom stereocenters. The molecule has 2 nitrogen and oxygen atoms in total. The summed E-state index contributed by atoms with van der Waals surface area (Å²) >= 11 is 0. The summed E-state index contributed by atoms with van der Waals surface area (Å²) in [4.78, 5) is 12.3. The zero-order chi connectivity index (χ0) is 13.2. The number of hydrogen-bond donors (Lipinski definition) is 1. The molecule has 2 heteroatoms. The van der Waals surface area contributed by atoms with E-state index in [0.717, 1.165) is 24.8 Å². The largest absolute Gasteiger partial charge is 0.340 e. The number of carbonyl (C=O) groups is 1. The predicted octanol–water partition coefficient (Wildman–Crippen LogP) is 2.63. The third-order valence-corrected chi connectivity index (χ3v) is 3.48. The van der Waals surface area contributed by atoms with Crippen LogP contribution in [0.2, 0.25) is 0 Å². The van der Waals surface area contributed by atoms with Gasteiger partial charge in [-0.15, -0.1) is 6.42 Å². The van der Waals surface area contributed by atoms with E-state index in [1.807, 2.05) is 26.0 Å². The average molecular weight is 241 g/mol. The summed E-state index contributed by atoms with van der Waals surface area (Å²) in [6, 6.07) is 8.20. The lowest BCUT2D eigenvalue weighted by molar-refractivity contribution is -0.123. The molecule has 1 amide bonds. The van der Waals surface area contributed by atoms with Crippen molar-refractivity contribution in [3.63, 3.8) is 0 Å². The molecule has 0 saturated carbocycles. The van der Waals surface area contributed by atoms with Crippen LogP contribution < -0.4 is 5.32 Å². The molecule has 1 atom stereocenters. The number of nitrogens with one attached hydrogen (secondary N) is 1. The van der Waals surface area contributed by atoms with Crippen LogP contribution in [0.3, 0.4) is 0 Å². The van der Waals surface area contributed by atoms with E-state index in [2.05, 4.69) is 23.4 Å². The molecule has 0 aliphatic heterocycles. The van der Waals surface area contributed by atoms with Gasteiger partial charge >= 0.3 is 0 Å². The monoisotopic (exact) mass is 241 g/mol. The van der Waals surface area contributed by atoms with Crippen molar-refractivity contribution >= 4 is 5.91 Å². The maximum Gasteiger partial charge on any atom is 0.228 e. The molecule has 1 aliphatic rings. The fourth-order valence-electron chi connectivity index (χ4n) is 2.46. The zero-order valence-corrected chi connectivity index (χ0v) is 11.0. The number of carbonyl (C=O) groups excluding carboxylic acids is 1. The van der Waals surface area contributed by atoms with Crippen molar-refractivity contribution in [2.24, 2.45) is 0 Å². The molecular formula is C16H19NO. The molecule has 0 aromatic heterocycles. The highest BCUT2D eigenvalue weighted by atomic mass is 16.2. The van der Waals surface area contributed by atoms with Gasteiger partial charge in [-0.2, -0.15) is 0 Å². The Kier molecular flexibility index (Phi) is 3.43. The summed E-state index contributed by atoms with van der Waals surface area (Å²) in [7, 11) is 0. The molecule has 2 rings (SSSR count).